The lowest BCUT2D eigenvalue weighted by Crippen LogP contribution is -2.39. The first-order valence-electron chi connectivity index (χ1n) is 11.9. The molecular weight excluding hydrogens is 506 g/mol. The van der Waals surface area contributed by atoms with Gasteiger partial charge in [0.25, 0.3) is 5.91 Å². The third-order valence-corrected chi connectivity index (χ3v) is 6.58. The Morgan fingerprint density at radius 1 is 1.21 bits per heavy atom. The number of halogens is 4. The van der Waals surface area contributed by atoms with Crippen LogP contribution in [0.4, 0.5) is 28.9 Å². The first-order chi connectivity index (χ1) is 17.8. The zero-order chi connectivity index (χ0) is 27.6. The molecule has 0 saturated carbocycles. The Morgan fingerprint density at radius 2 is 1.95 bits per heavy atom. The van der Waals surface area contributed by atoms with E-state index in [0.29, 0.717) is 18.2 Å². The molecule has 3 aromatic rings. The maximum atomic E-state index is 15.6. The van der Waals surface area contributed by atoms with E-state index in [0.717, 1.165) is 12.1 Å². The summed E-state index contributed by atoms with van der Waals surface area (Å²) in [6.45, 7) is 7.22. The fraction of sp³-hybridized carbons (Fsp3) is 0.333. The fourth-order valence-electron chi connectivity index (χ4n) is 4.86. The molecule has 0 spiro atoms. The predicted octanol–water partition coefficient (Wildman–Crippen LogP) is 6.63. The van der Waals surface area contributed by atoms with Crippen molar-refractivity contribution in [2.75, 3.05) is 16.8 Å². The second kappa shape index (κ2) is 8.78. The first-order valence-corrected chi connectivity index (χ1v) is 11.9. The quantitative estimate of drug-likeness (QED) is 0.285. The number of alkyl halides is 3. The van der Waals surface area contributed by atoms with Crippen molar-refractivity contribution >= 4 is 17.3 Å². The normalized spacial score (nSPS) is 18.7. The van der Waals surface area contributed by atoms with Gasteiger partial charge in [-0.2, -0.15) is 13.2 Å². The summed E-state index contributed by atoms with van der Waals surface area (Å²) in [6.07, 6.45) is -4.36. The van der Waals surface area contributed by atoms with Gasteiger partial charge in [-0.1, -0.05) is 26.0 Å². The van der Waals surface area contributed by atoms with Gasteiger partial charge >= 0.3 is 6.18 Å². The molecule has 0 aliphatic carbocycles. The number of phenols is 1. The molecule has 1 unspecified atom stereocenters. The average molecular weight is 532 g/mol. The monoisotopic (exact) mass is 531 g/mol. The van der Waals surface area contributed by atoms with E-state index in [2.05, 4.69) is 10.3 Å². The zero-order valence-electron chi connectivity index (χ0n) is 21.0. The molecule has 38 heavy (non-hydrogen) atoms. The van der Waals surface area contributed by atoms with Crippen molar-refractivity contribution in [3.8, 4) is 5.75 Å². The molecule has 2 aliphatic rings. The highest BCUT2D eigenvalue weighted by atomic mass is 19.4. The minimum atomic E-state index is -4.76. The zero-order valence-corrected chi connectivity index (χ0v) is 21.0. The molecule has 11 heteroatoms. The number of nitrogens with zero attached hydrogens (tertiary/aromatic N) is 2. The minimum Gasteiger partial charge on any atom is -0.506 e. The minimum absolute atomic E-state index is 0.0608. The second-order valence-corrected chi connectivity index (χ2v) is 10.2. The molecule has 0 bridgehead atoms. The maximum Gasteiger partial charge on any atom is 0.416 e. The fourth-order valence-corrected chi connectivity index (χ4v) is 4.86. The van der Waals surface area contributed by atoms with Crippen LogP contribution < -0.4 is 10.2 Å². The third kappa shape index (κ3) is 4.35. The van der Waals surface area contributed by atoms with E-state index in [9.17, 15) is 23.1 Å². The number of benzene rings is 2. The number of anilines is 2. The molecule has 7 nitrogen and oxygen atoms in total. The van der Waals surface area contributed by atoms with Crippen molar-refractivity contribution in [2.45, 2.75) is 46.3 Å². The molecule has 1 aromatic heterocycles. The number of aryl methyl sites for hydroxylation is 2. The summed E-state index contributed by atoms with van der Waals surface area (Å²) in [5, 5.41) is 13.9. The number of ether oxygens (including phenoxy) is 1. The van der Waals surface area contributed by atoms with Crippen LogP contribution in [0.25, 0.3) is 0 Å². The summed E-state index contributed by atoms with van der Waals surface area (Å²) in [6, 6.07) is 5.33. The summed E-state index contributed by atoms with van der Waals surface area (Å²) in [5.74, 6) is -1.47. The van der Waals surface area contributed by atoms with E-state index in [4.69, 9.17) is 9.15 Å². The molecule has 2 aromatic carbocycles. The van der Waals surface area contributed by atoms with E-state index in [1.165, 1.54) is 17.0 Å². The van der Waals surface area contributed by atoms with Crippen molar-refractivity contribution < 1.29 is 36.6 Å². The lowest BCUT2D eigenvalue weighted by atomic mass is 9.85. The van der Waals surface area contributed by atoms with Crippen molar-refractivity contribution in [3.05, 3.63) is 82.1 Å². The summed E-state index contributed by atoms with van der Waals surface area (Å²) in [4.78, 5) is 19.5. The van der Waals surface area contributed by atoms with E-state index in [1.807, 2.05) is 13.8 Å². The number of rotatable bonds is 2. The van der Waals surface area contributed by atoms with Crippen LogP contribution in [0.15, 0.2) is 52.3 Å². The van der Waals surface area contributed by atoms with Gasteiger partial charge in [-0.3, -0.25) is 9.69 Å². The number of para-hydroxylation sites is 1. The standard InChI is InChI=1S/C27H25F4N3O4/c1-13-21(32-14(2)38-13)25(36)34-19-6-5-7-20(35)22(19)33-18-11-26(3,4)12-37-24(18)23(34)16-9-8-15(10-17(16)28)27(29,30)31/h5-10,23,33,35H,11-12H2,1-4H3. The Hall–Kier alpha value is -4.02. The number of carbonyl (C=O) groups is 1. The topological polar surface area (TPSA) is 87.8 Å². The number of hydrogen-bond acceptors (Lipinski definition) is 6. The van der Waals surface area contributed by atoms with E-state index < -0.39 is 29.5 Å². The van der Waals surface area contributed by atoms with Crippen LogP contribution >= 0.6 is 0 Å². The number of nitrogens with one attached hydrogen (secondary N) is 1. The van der Waals surface area contributed by atoms with Crippen molar-refractivity contribution in [3.63, 3.8) is 0 Å². The van der Waals surface area contributed by atoms with Gasteiger partial charge in [-0.15, -0.1) is 0 Å². The van der Waals surface area contributed by atoms with Crippen molar-refractivity contribution in [1.82, 2.24) is 4.98 Å². The SMILES string of the molecule is Cc1nc(C(=O)N2c3cccc(O)c3NC3=C(OCC(C)(C)C3)C2c2ccc(C(F)(F)F)cc2F)c(C)o1. The highest BCUT2D eigenvalue weighted by molar-refractivity contribution is 6.09. The van der Waals surface area contributed by atoms with Crippen LogP contribution in [0.3, 0.4) is 0 Å². The predicted molar refractivity (Wildman–Crippen MR) is 130 cm³/mol. The van der Waals surface area contributed by atoms with Crippen molar-refractivity contribution in [2.24, 2.45) is 5.41 Å². The molecule has 0 saturated heterocycles. The van der Waals surface area contributed by atoms with Gasteiger partial charge in [-0.05, 0) is 37.6 Å². The molecule has 0 fully saturated rings. The second-order valence-electron chi connectivity index (χ2n) is 10.2. The Labute approximate surface area is 215 Å². The lowest BCUT2D eigenvalue weighted by Gasteiger charge is -2.37. The van der Waals surface area contributed by atoms with Gasteiger partial charge in [0.15, 0.2) is 11.6 Å². The summed E-state index contributed by atoms with van der Waals surface area (Å²) < 4.78 is 67.2. The van der Waals surface area contributed by atoms with Gasteiger partial charge in [0.05, 0.1) is 23.6 Å². The third-order valence-electron chi connectivity index (χ3n) is 6.58. The molecule has 5 rings (SSSR count). The number of carbonyl (C=O) groups excluding carboxylic acids is 1. The summed E-state index contributed by atoms with van der Waals surface area (Å²) in [7, 11) is 0. The van der Waals surface area contributed by atoms with E-state index >= 15 is 4.39 Å². The highest BCUT2D eigenvalue weighted by Crippen LogP contribution is 2.50. The van der Waals surface area contributed by atoms with E-state index in [-0.39, 0.29) is 57.8 Å². The van der Waals surface area contributed by atoms with Crippen LogP contribution in [0.2, 0.25) is 0 Å². The number of aromatic nitrogens is 1. The molecular formula is C27H25F4N3O4. The van der Waals surface area contributed by atoms with Gasteiger partial charge in [0.2, 0.25) is 0 Å². The molecule has 1 amide bonds. The van der Waals surface area contributed by atoms with Gasteiger partial charge in [0, 0.05) is 17.9 Å². The number of aromatic hydroxyl groups is 1. The Balaban J connectivity index is 1.80. The number of allylic oxidation sites excluding steroid dienone is 1. The molecule has 1 atom stereocenters. The molecule has 200 valence electrons. The molecule has 3 heterocycles. The maximum absolute atomic E-state index is 15.6. The molecule has 2 aliphatic heterocycles. The number of hydrogen-bond donors (Lipinski definition) is 2. The lowest BCUT2D eigenvalue weighted by molar-refractivity contribution is -0.137. The Morgan fingerprint density at radius 3 is 2.58 bits per heavy atom. The van der Waals surface area contributed by atoms with E-state index in [1.54, 1.807) is 19.9 Å². The number of fused-ring (bicyclic) bond motifs is 1. The summed E-state index contributed by atoms with van der Waals surface area (Å²) >= 11 is 0. The van der Waals surface area contributed by atoms with Crippen LogP contribution in [0.5, 0.6) is 5.75 Å². The van der Waals surface area contributed by atoms with Gasteiger partial charge < -0.3 is 19.6 Å². The van der Waals surface area contributed by atoms with Crippen LogP contribution in [-0.4, -0.2) is 22.6 Å². The Bertz CT molecular complexity index is 1480. The first kappa shape index (κ1) is 25.6. The number of oxazole rings is 1. The number of amides is 1. The summed E-state index contributed by atoms with van der Waals surface area (Å²) in [5.41, 5.74) is -0.999. The van der Waals surface area contributed by atoms with Gasteiger partial charge in [0.1, 0.15) is 34.8 Å². The van der Waals surface area contributed by atoms with Crippen LogP contribution in [0.1, 0.15) is 59.6 Å². The highest BCUT2D eigenvalue weighted by Gasteiger charge is 2.44. The number of phenolic OH excluding ortho intramolecular Hbond substituents is 1. The Kier molecular flexibility index (Phi) is 5.92. The largest absolute Gasteiger partial charge is 0.506 e. The van der Waals surface area contributed by atoms with Crippen LogP contribution in [0, 0.1) is 25.1 Å². The van der Waals surface area contributed by atoms with Gasteiger partial charge in [-0.25, -0.2) is 9.37 Å². The average Bonchev–Trinajstić information content (AvgIpc) is 3.08. The smallest absolute Gasteiger partial charge is 0.416 e. The van der Waals surface area contributed by atoms with Crippen molar-refractivity contribution in [1.29, 1.82) is 0 Å². The van der Waals surface area contributed by atoms with Crippen LogP contribution in [-0.2, 0) is 10.9 Å². The molecule has 0 radical (unpaired) electrons. The molecule has 2 N–H and O–H groups in total.